The van der Waals surface area contributed by atoms with Gasteiger partial charge in [-0.15, -0.1) is 0 Å². The molecule has 1 aromatic carbocycles. The molecule has 1 radical (unpaired) electrons. The van der Waals surface area contributed by atoms with Gasteiger partial charge in [0.25, 0.3) is 0 Å². The molecule has 2 nitrogen and oxygen atoms in total. The van der Waals surface area contributed by atoms with Crippen LogP contribution in [0.4, 0.5) is 0 Å². The molecule has 1 rings (SSSR count). The Bertz CT molecular complexity index is 217. The van der Waals surface area contributed by atoms with Gasteiger partial charge in [0, 0.05) is 0 Å². The number of nitrogens with two attached hydrogens (primary N) is 1. The Morgan fingerprint density at radius 3 is 2.38 bits per heavy atom. The average molecular weight is 178 g/mol. The second-order valence-corrected chi connectivity index (χ2v) is 3.18. The lowest BCUT2D eigenvalue weighted by molar-refractivity contribution is 0.180. The van der Waals surface area contributed by atoms with E-state index in [4.69, 9.17) is 5.73 Å². The average Bonchev–Trinajstić information content (AvgIpc) is 2.19. The van der Waals surface area contributed by atoms with E-state index in [-0.39, 0.29) is 6.61 Å². The Morgan fingerprint density at radius 2 is 1.85 bits per heavy atom. The summed E-state index contributed by atoms with van der Waals surface area (Å²) in [6.45, 7) is 0.638. The Labute approximate surface area is 79.4 Å². The van der Waals surface area contributed by atoms with Gasteiger partial charge in [-0.2, -0.15) is 0 Å². The second kappa shape index (κ2) is 5.73. The van der Waals surface area contributed by atoms with Crippen LogP contribution in [-0.4, -0.2) is 13.2 Å². The van der Waals surface area contributed by atoms with Crippen LogP contribution in [0.25, 0.3) is 0 Å². The van der Waals surface area contributed by atoms with E-state index >= 15 is 0 Å². The van der Waals surface area contributed by atoms with Gasteiger partial charge in [-0.3, -0.25) is 0 Å². The zero-order chi connectivity index (χ0) is 9.52. The molecule has 2 heteroatoms. The Morgan fingerprint density at radius 1 is 1.15 bits per heavy atom. The maximum absolute atomic E-state index is 10.5. The van der Waals surface area contributed by atoms with Gasteiger partial charge in [0.05, 0.1) is 6.61 Å². The van der Waals surface area contributed by atoms with Crippen molar-refractivity contribution in [2.45, 2.75) is 18.8 Å². The third-order valence-corrected chi connectivity index (χ3v) is 2.25. The molecule has 71 valence electrons. The number of benzene rings is 1. The van der Waals surface area contributed by atoms with Gasteiger partial charge in [-0.1, -0.05) is 30.3 Å². The van der Waals surface area contributed by atoms with Gasteiger partial charge in [0.15, 0.2) is 0 Å². The molecule has 0 fully saturated rings. The molecule has 0 spiro atoms. The van der Waals surface area contributed by atoms with Gasteiger partial charge in [0.1, 0.15) is 0 Å². The lowest BCUT2D eigenvalue weighted by Crippen LogP contribution is -2.08. The number of rotatable bonds is 5. The number of hydrogen-bond acceptors (Lipinski definition) is 1. The summed E-state index contributed by atoms with van der Waals surface area (Å²) in [6, 6.07) is 10.1. The van der Waals surface area contributed by atoms with E-state index < -0.39 is 0 Å². The molecule has 0 saturated carbocycles. The summed E-state index contributed by atoms with van der Waals surface area (Å²) < 4.78 is 0. The monoisotopic (exact) mass is 178 g/mol. The van der Waals surface area contributed by atoms with E-state index in [9.17, 15) is 5.11 Å². The molecule has 0 heterocycles. The van der Waals surface area contributed by atoms with Crippen molar-refractivity contribution in [3.05, 3.63) is 35.9 Å². The van der Waals surface area contributed by atoms with E-state index in [2.05, 4.69) is 12.1 Å². The molecule has 13 heavy (non-hydrogen) atoms. The van der Waals surface area contributed by atoms with Crippen LogP contribution < -0.4 is 5.73 Å². The predicted octanol–water partition coefficient (Wildman–Crippen LogP) is 1.94. The van der Waals surface area contributed by atoms with E-state index in [1.807, 2.05) is 18.2 Å². The minimum Gasteiger partial charge on any atom is -0.330 e. The van der Waals surface area contributed by atoms with E-state index in [1.165, 1.54) is 5.56 Å². The Balaban J connectivity index is 2.64. The van der Waals surface area contributed by atoms with E-state index in [0.29, 0.717) is 18.9 Å². The van der Waals surface area contributed by atoms with Crippen LogP contribution >= 0.6 is 0 Å². The van der Waals surface area contributed by atoms with Crippen molar-refractivity contribution in [1.82, 2.24) is 0 Å². The highest BCUT2D eigenvalue weighted by Gasteiger charge is 2.09. The van der Waals surface area contributed by atoms with Crippen LogP contribution in [0.2, 0.25) is 0 Å². The van der Waals surface area contributed by atoms with Gasteiger partial charge < -0.3 is 5.73 Å². The first-order chi connectivity index (χ1) is 6.38. The van der Waals surface area contributed by atoms with Crippen molar-refractivity contribution >= 4 is 0 Å². The fourth-order valence-corrected chi connectivity index (χ4v) is 1.55. The van der Waals surface area contributed by atoms with Crippen LogP contribution in [-0.2, 0) is 5.11 Å². The van der Waals surface area contributed by atoms with E-state index in [1.54, 1.807) is 0 Å². The van der Waals surface area contributed by atoms with Crippen LogP contribution in [0.3, 0.4) is 0 Å². The van der Waals surface area contributed by atoms with Crippen molar-refractivity contribution in [1.29, 1.82) is 0 Å². The molecular formula is C11H16NO. The largest absolute Gasteiger partial charge is 0.330 e. The van der Waals surface area contributed by atoms with Crippen molar-refractivity contribution in [2.24, 2.45) is 5.73 Å². The van der Waals surface area contributed by atoms with Gasteiger partial charge >= 0.3 is 0 Å². The normalized spacial score (nSPS) is 12.8. The second-order valence-electron chi connectivity index (χ2n) is 3.18. The first-order valence-electron chi connectivity index (χ1n) is 4.71. The van der Waals surface area contributed by atoms with Crippen LogP contribution in [0.5, 0.6) is 0 Å². The molecule has 0 aromatic heterocycles. The highest BCUT2D eigenvalue weighted by Crippen LogP contribution is 2.21. The summed E-state index contributed by atoms with van der Waals surface area (Å²) in [5.41, 5.74) is 6.73. The molecule has 0 amide bonds. The van der Waals surface area contributed by atoms with Gasteiger partial charge in [0.2, 0.25) is 0 Å². The Kier molecular flexibility index (Phi) is 4.50. The molecule has 0 aliphatic heterocycles. The minimum atomic E-state index is -0.0143. The van der Waals surface area contributed by atoms with E-state index in [0.717, 1.165) is 6.42 Å². The molecule has 1 atom stereocenters. The summed E-state index contributed by atoms with van der Waals surface area (Å²) in [6.07, 6.45) is 1.60. The highest BCUT2D eigenvalue weighted by molar-refractivity contribution is 5.19. The zero-order valence-corrected chi connectivity index (χ0v) is 7.78. The van der Waals surface area contributed by atoms with Crippen molar-refractivity contribution in [3.63, 3.8) is 0 Å². The molecule has 2 N–H and O–H groups in total. The SMILES string of the molecule is NCCC(CC[O])c1ccccc1. The topological polar surface area (TPSA) is 45.9 Å². The predicted molar refractivity (Wildman–Crippen MR) is 53.0 cm³/mol. The lowest BCUT2D eigenvalue weighted by atomic mass is 9.93. The quantitative estimate of drug-likeness (QED) is 0.735. The molecule has 0 aliphatic rings. The fourth-order valence-electron chi connectivity index (χ4n) is 1.55. The molecule has 0 bridgehead atoms. The third kappa shape index (κ3) is 3.17. The Hall–Kier alpha value is -0.860. The summed E-state index contributed by atoms with van der Waals surface area (Å²) in [5.74, 6) is 0.351. The van der Waals surface area contributed by atoms with Crippen molar-refractivity contribution < 1.29 is 5.11 Å². The fraction of sp³-hybridized carbons (Fsp3) is 0.455. The first kappa shape index (κ1) is 10.2. The van der Waals surface area contributed by atoms with Gasteiger partial charge in [-0.25, -0.2) is 5.11 Å². The summed E-state index contributed by atoms with van der Waals surface area (Å²) in [4.78, 5) is 0. The maximum Gasteiger partial charge on any atom is 0.0828 e. The molecule has 0 aliphatic carbocycles. The van der Waals surface area contributed by atoms with Crippen LogP contribution in [0.15, 0.2) is 30.3 Å². The maximum atomic E-state index is 10.5. The third-order valence-electron chi connectivity index (χ3n) is 2.25. The smallest absolute Gasteiger partial charge is 0.0828 e. The number of hydrogen-bond donors (Lipinski definition) is 1. The summed E-state index contributed by atoms with van der Waals surface area (Å²) >= 11 is 0. The van der Waals surface area contributed by atoms with Crippen molar-refractivity contribution in [3.8, 4) is 0 Å². The molecule has 0 saturated heterocycles. The van der Waals surface area contributed by atoms with Gasteiger partial charge in [-0.05, 0) is 30.9 Å². The first-order valence-corrected chi connectivity index (χ1v) is 4.71. The van der Waals surface area contributed by atoms with Crippen molar-refractivity contribution in [2.75, 3.05) is 13.2 Å². The lowest BCUT2D eigenvalue weighted by Gasteiger charge is -2.14. The molecular weight excluding hydrogens is 162 g/mol. The summed E-state index contributed by atoms with van der Waals surface area (Å²) in [5, 5.41) is 10.5. The summed E-state index contributed by atoms with van der Waals surface area (Å²) in [7, 11) is 0. The highest BCUT2D eigenvalue weighted by atomic mass is 16.3. The molecule has 1 aromatic rings. The minimum absolute atomic E-state index is 0.0143. The zero-order valence-electron chi connectivity index (χ0n) is 7.78. The van der Waals surface area contributed by atoms with Crippen LogP contribution in [0, 0.1) is 0 Å². The molecule has 1 unspecified atom stereocenters. The van der Waals surface area contributed by atoms with Crippen LogP contribution in [0.1, 0.15) is 24.3 Å². The standard InChI is InChI=1S/C11H16NO/c12-8-6-11(7-9-13)10-4-2-1-3-5-10/h1-5,11H,6-9,12H2.